The number of nitrogens with one attached hydrogen (secondary N) is 1. The average molecular weight is 384 g/mol. The molecule has 0 aliphatic heterocycles. The zero-order valence-electron chi connectivity index (χ0n) is 11.1. The molecule has 8 heteroatoms. The van der Waals surface area contributed by atoms with Crippen LogP contribution in [0.3, 0.4) is 0 Å². The number of rotatable bonds is 5. The molecule has 1 aromatic rings. The average Bonchev–Trinajstić information content (AvgIpc) is 2.81. The molecule has 0 amide bonds. The fourth-order valence-electron chi connectivity index (χ4n) is 2.36. The van der Waals surface area contributed by atoms with Crippen molar-refractivity contribution in [2.24, 2.45) is 0 Å². The van der Waals surface area contributed by atoms with Gasteiger partial charge < -0.3 is 9.52 Å². The number of hydrogen-bond acceptors (Lipinski definition) is 5. The van der Waals surface area contributed by atoms with Gasteiger partial charge in [0.1, 0.15) is 17.3 Å². The Labute approximate surface area is 131 Å². The first-order chi connectivity index (χ1) is 9.46. The molecule has 0 bridgehead atoms. The van der Waals surface area contributed by atoms with E-state index in [-0.39, 0.29) is 28.0 Å². The normalized spacial score (nSPS) is 23.9. The number of sulfonamides is 1. The van der Waals surface area contributed by atoms with Crippen LogP contribution in [0.2, 0.25) is 0 Å². The van der Waals surface area contributed by atoms with E-state index in [0.717, 1.165) is 25.7 Å². The summed E-state index contributed by atoms with van der Waals surface area (Å²) in [5, 5.41) is 9.62. The molecular formula is C12H18BrNO4S2. The zero-order chi connectivity index (χ0) is 14.8. The molecular weight excluding hydrogens is 366 g/mol. The summed E-state index contributed by atoms with van der Waals surface area (Å²) in [5.74, 6) is 0.225. The van der Waals surface area contributed by atoms with Gasteiger partial charge in [0, 0.05) is 17.4 Å². The molecule has 0 atom stereocenters. The van der Waals surface area contributed by atoms with Crippen LogP contribution in [0, 0.1) is 0 Å². The lowest BCUT2D eigenvalue weighted by molar-refractivity contribution is 0.245. The van der Waals surface area contributed by atoms with Crippen molar-refractivity contribution >= 4 is 37.7 Å². The van der Waals surface area contributed by atoms with E-state index in [1.807, 2.05) is 11.8 Å². The topological polar surface area (TPSA) is 79.5 Å². The maximum absolute atomic E-state index is 12.3. The number of furan rings is 1. The largest absolute Gasteiger partial charge is 0.450 e. The summed E-state index contributed by atoms with van der Waals surface area (Å²) in [6.07, 6.45) is 5.86. The molecule has 1 aliphatic rings. The Morgan fingerprint density at radius 2 is 2.10 bits per heavy atom. The molecule has 20 heavy (non-hydrogen) atoms. The van der Waals surface area contributed by atoms with Crippen LogP contribution < -0.4 is 4.72 Å². The molecule has 0 saturated heterocycles. The highest BCUT2D eigenvalue weighted by Gasteiger charge is 2.28. The number of thioether (sulfide) groups is 1. The maximum atomic E-state index is 12.3. The third kappa shape index (κ3) is 3.79. The first-order valence-electron chi connectivity index (χ1n) is 6.40. The molecule has 2 rings (SSSR count). The molecule has 1 aromatic heterocycles. The Balaban J connectivity index is 2.06. The quantitative estimate of drug-likeness (QED) is 0.816. The van der Waals surface area contributed by atoms with Crippen molar-refractivity contribution in [3.63, 3.8) is 0 Å². The fourth-order valence-corrected chi connectivity index (χ4v) is 5.40. The van der Waals surface area contributed by atoms with E-state index >= 15 is 0 Å². The van der Waals surface area contributed by atoms with E-state index in [4.69, 9.17) is 9.52 Å². The van der Waals surface area contributed by atoms with E-state index in [2.05, 4.69) is 26.9 Å². The Kier molecular flexibility index (Phi) is 5.58. The van der Waals surface area contributed by atoms with Gasteiger partial charge in [0.25, 0.3) is 0 Å². The number of aliphatic hydroxyl groups is 1. The van der Waals surface area contributed by atoms with E-state index in [0.29, 0.717) is 5.25 Å². The first kappa shape index (κ1) is 16.4. The van der Waals surface area contributed by atoms with Crippen LogP contribution in [-0.2, 0) is 16.6 Å². The summed E-state index contributed by atoms with van der Waals surface area (Å²) >= 11 is 4.92. The van der Waals surface area contributed by atoms with Gasteiger partial charge in [0.2, 0.25) is 10.0 Å². The number of aliphatic hydroxyl groups excluding tert-OH is 1. The fraction of sp³-hybridized carbons (Fsp3) is 0.667. The lowest BCUT2D eigenvalue weighted by atomic mass is 9.96. The van der Waals surface area contributed by atoms with Gasteiger partial charge in [-0.3, -0.25) is 0 Å². The number of halogens is 1. The third-order valence-electron chi connectivity index (χ3n) is 3.48. The summed E-state index contributed by atoms with van der Waals surface area (Å²) in [6, 6.07) is 1.32. The van der Waals surface area contributed by atoms with Crippen molar-refractivity contribution in [1.29, 1.82) is 0 Å². The summed E-state index contributed by atoms with van der Waals surface area (Å²) in [5.41, 5.74) is 0. The third-order valence-corrected chi connectivity index (χ3v) is 7.00. The predicted molar refractivity (Wildman–Crippen MR) is 82.2 cm³/mol. The highest BCUT2D eigenvalue weighted by atomic mass is 79.9. The van der Waals surface area contributed by atoms with Crippen molar-refractivity contribution in [3.05, 3.63) is 16.5 Å². The molecule has 1 saturated carbocycles. The van der Waals surface area contributed by atoms with Crippen LogP contribution >= 0.6 is 27.7 Å². The van der Waals surface area contributed by atoms with E-state index in [1.165, 1.54) is 6.07 Å². The Hall–Kier alpha value is -0.0200. The lowest BCUT2D eigenvalue weighted by Crippen LogP contribution is -2.38. The minimum atomic E-state index is -3.61. The van der Waals surface area contributed by atoms with Gasteiger partial charge in [0.05, 0.1) is 0 Å². The molecule has 1 heterocycles. The van der Waals surface area contributed by atoms with E-state index in [9.17, 15) is 8.42 Å². The van der Waals surface area contributed by atoms with E-state index in [1.54, 1.807) is 0 Å². The van der Waals surface area contributed by atoms with Crippen LogP contribution in [0.1, 0.15) is 31.4 Å². The van der Waals surface area contributed by atoms with Crippen molar-refractivity contribution in [1.82, 2.24) is 4.72 Å². The molecule has 0 spiro atoms. The molecule has 0 radical (unpaired) electrons. The summed E-state index contributed by atoms with van der Waals surface area (Å²) < 4.78 is 32.6. The van der Waals surface area contributed by atoms with Gasteiger partial charge in [-0.05, 0) is 47.9 Å². The second-order valence-corrected chi connectivity index (χ2v) is 8.38. The van der Waals surface area contributed by atoms with Crippen LogP contribution in [-0.4, -0.2) is 31.1 Å². The standard InChI is InChI=1S/C12H18BrNO4S2/c1-19-10-4-2-8(3-5-10)14-20(16,17)11-6-9(7-15)18-12(11)13/h6,8,10,14-15H,2-5,7H2,1H3. The Morgan fingerprint density at radius 1 is 1.45 bits per heavy atom. The smallest absolute Gasteiger partial charge is 0.245 e. The Morgan fingerprint density at radius 3 is 2.60 bits per heavy atom. The maximum Gasteiger partial charge on any atom is 0.245 e. The van der Waals surface area contributed by atoms with Gasteiger partial charge >= 0.3 is 0 Å². The highest BCUT2D eigenvalue weighted by Crippen LogP contribution is 2.30. The van der Waals surface area contributed by atoms with Crippen LogP contribution in [0.25, 0.3) is 0 Å². The summed E-state index contributed by atoms with van der Waals surface area (Å²) in [6.45, 7) is -0.326. The SMILES string of the molecule is CSC1CCC(NS(=O)(=O)c2cc(CO)oc2Br)CC1. The van der Waals surface area contributed by atoms with Crippen molar-refractivity contribution < 1.29 is 17.9 Å². The van der Waals surface area contributed by atoms with Gasteiger partial charge in [-0.25, -0.2) is 13.1 Å². The van der Waals surface area contributed by atoms with Crippen molar-refractivity contribution in [3.8, 4) is 0 Å². The van der Waals surface area contributed by atoms with Crippen molar-refractivity contribution in [2.45, 2.75) is 48.5 Å². The van der Waals surface area contributed by atoms with Crippen LogP contribution in [0.4, 0.5) is 0 Å². The second-order valence-electron chi connectivity index (χ2n) is 4.84. The molecule has 0 unspecified atom stereocenters. The second kappa shape index (κ2) is 6.83. The highest BCUT2D eigenvalue weighted by molar-refractivity contribution is 9.10. The zero-order valence-corrected chi connectivity index (χ0v) is 14.4. The van der Waals surface area contributed by atoms with Crippen LogP contribution in [0.15, 0.2) is 20.0 Å². The molecule has 114 valence electrons. The monoisotopic (exact) mass is 383 g/mol. The molecule has 1 aliphatic carbocycles. The minimum absolute atomic E-state index is 0.0252. The van der Waals surface area contributed by atoms with Gasteiger partial charge in [0.15, 0.2) is 4.67 Å². The first-order valence-corrected chi connectivity index (χ1v) is 9.97. The van der Waals surface area contributed by atoms with E-state index < -0.39 is 10.0 Å². The summed E-state index contributed by atoms with van der Waals surface area (Å²) in [4.78, 5) is 0.0496. The Bertz CT molecular complexity index is 550. The predicted octanol–water partition coefficient (Wildman–Crippen LogP) is 2.49. The van der Waals surface area contributed by atoms with Gasteiger partial charge in [-0.15, -0.1) is 0 Å². The molecule has 2 N–H and O–H groups in total. The molecule has 5 nitrogen and oxygen atoms in total. The number of hydrogen-bond donors (Lipinski definition) is 2. The molecule has 0 aromatic carbocycles. The van der Waals surface area contributed by atoms with Gasteiger partial charge in [-0.2, -0.15) is 11.8 Å². The van der Waals surface area contributed by atoms with Crippen LogP contribution in [0.5, 0.6) is 0 Å². The van der Waals surface area contributed by atoms with Crippen molar-refractivity contribution in [2.75, 3.05) is 6.26 Å². The summed E-state index contributed by atoms with van der Waals surface area (Å²) in [7, 11) is -3.61. The lowest BCUT2D eigenvalue weighted by Gasteiger charge is -2.27. The molecule has 1 fully saturated rings. The van der Waals surface area contributed by atoms with Gasteiger partial charge in [-0.1, -0.05) is 0 Å². The minimum Gasteiger partial charge on any atom is -0.450 e.